The van der Waals surface area contributed by atoms with Gasteiger partial charge in [-0.1, -0.05) is 17.3 Å². The van der Waals surface area contributed by atoms with Gasteiger partial charge in [-0.3, -0.25) is 4.57 Å². The van der Waals surface area contributed by atoms with E-state index < -0.39 is 0 Å². The first-order valence-electron chi connectivity index (χ1n) is 7.92. The Morgan fingerprint density at radius 3 is 2.88 bits per heavy atom. The number of hydrogen-bond donors (Lipinski definition) is 0. The molecule has 0 fully saturated rings. The average Bonchev–Trinajstić information content (AvgIpc) is 3.31. The van der Waals surface area contributed by atoms with Crippen molar-refractivity contribution in [1.82, 2.24) is 14.7 Å². The molecule has 25 heavy (non-hydrogen) atoms. The zero-order valence-corrected chi connectivity index (χ0v) is 13.5. The molecule has 2 heterocycles. The molecule has 6 nitrogen and oxygen atoms in total. The van der Waals surface area contributed by atoms with E-state index >= 15 is 0 Å². The zero-order chi connectivity index (χ0) is 17.2. The number of fused-ring (bicyclic) bond motifs is 1. The van der Waals surface area contributed by atoms with E-state index in [2.05, 4.69) is 10.1 Å². The summed E-state index contributed by atoms with van der Waals surface area (Å²) in [6, 6.07) is 15.0. The molecular formula is C19H15N3O3. The molecule has 0 aliphatic heterocycles. The van der Waals surface area contributed by atoms with Gasteiger partial charge in [-0.25, -0.2) is 9.78 Å². The molecule has 0 N–H and O–H groups in total. The van der Waals surface area contributed by atoms with Crippen molar-refractivity contribution in [2.24, 2.45) is 0 Å². The molecule has 0 aliphatic rings. The molecule has 0 unspecified atom stereocenters. The largest absolute Gasteiger partial charge is 0.462 e. The van der Waals surface area contributed by atoms with Gasteiger partial charge in [-0.05, 0) is 37.3 Å². The van der Waals surface area contributed by atoms with Crippen molar-refractivity contribution in [2.75, 3.05) is 6.61 Å². The van der Waals surface area contributed by atoms with E-state index in [0.29, 0.717) is 17.9 Å². The Hall–Kier alpha value is -3.41. The number of aromatic nitrogens is 3. The van der Waals surface area contributed by atoms with Gasteiger partial charge in [0.2, 0.25) is 0 Å². The SMILES string of the molecule is CCOC(=O)c1ccc(-n2cnc3ccccc32)c(-c2ccno2)c1. The predicted octanol–water partition coefficient (Wildman–Crippen LogP) is 3.86. The second-order valence-corrected chi connectivity index (χ2v) is 5.43. The summed E-state index contributed by atoms with van der Waals surface area (Å²) in [4.78, 5) is 16.5. The lowest BCUT2D eigenvalue weighted by molar-refractivity contribution is 0.0526. The maximum absolute atomic E-state index is 12.1. The Bertz CT molecular complexity index is 1040. The lowest BCUT2D eigenvalue weighted by atomic mass is 10.1. The van der Waals surface area contributed by atoms with Crippen LogP contribution in [0, 0.1) is 0 Å². The van der Waals surface area contributed by atoms with Crippen LogP contribution in [0.25, 0.3) is 28.0 Å². The first-order valence-corrected chi connectivity index (χ1v) is 7.92. The van der Waals surface area contributed by atoms with Crippen LogP contribution in [0.3, 0.4) is 0 Å². The van der Waals surface area contributed by atoms with Crippen molar-refractivity contribution in [3.8, 4) is 17.0 Å². The number of para-hydroxylation sites is 2. The molecular weight excluding hydrogens is 318 g/mol. The Balaban J connectivity index is 1.91. The first-order chi connectivity index (χ1) is 12.3. The summed E-state index contributed by atoms with van der Waals surface area (Å²) >= 11 is 0. The number of imidazole rings is 1. The normalized spacial score (nSPS) is 10.9. The van der Waals surface area contributed by atoms with Crippen LogP contribution in [0.2, 0.25) is 0 Å². The van der Waals surface area contributed by atoms with Gasteiger partial charge < -0.3 is 9.26 Å². The third-order valence-electron chi connectivity index (χ3n) is 3.92. The highest BCUT2D eigenvalue weighted by Crippen LogP contribution is 2.30. The lowest BCUT2D eigenvalue weighted by Crippen LogP contribution is -2.06. The third kappa shape index (κ3) is 2.67. The Labute approximate surface area is 143 Å². The van der Waals surface area contributed by atoms with E-state index in [1.807, 2.05) is 34.9 Å². The topological polar surface area (TPSA) is 70.2 Å². The summed E-state index contributed by atoms with van der Waals surface area (Å²) < 4.78 is 12.4. The van der Waals surface area contributed by atoms with Gasteiger partial charge in [0.25, 0.3) is 0 Å². The van der Waals surface area contributed by atoms with Crippen LogP contribution in [0.15, 0.2) is 65.6 Å². The summed E-state index contributed by atoms with van der Waals surface area (Å²) in [7, 11) is 0. The molecule has 4 aromatic rings. The molecule has 6 heteroatoms. The number of benzene rings is 2. The highest BCUT2D eigenvalue weighted by atomic mass is 16.5. The van der Waals surface area contributed by atoms with Crippen molar-refractivity contribution in [3.05, 3.63) is 66.6 Å². The second kappa shape index (κ2) is 6.24. The molecule has 0 bridgehead atoms. The first kappa shape index (κ1) is 15.1. The van der Waals surface area contributed by atoms with Gasteiger partial charge >= 0.3 is 5.97 Å². The number of hydrogen-bond acceptors (Lipinski definition) is 5. The van der Waals surface area contributed by atoms with Crippen molar-refractivity contribution in [1.29, 1.82) is 0 Å². The minimum atomic E-state index is -0.370. The average molecular weight is 333 g/mol. The van der Waals surface area contributed by atoms with Gasteiger partial charge in [-0.15, -0.1) is 0 Å². The number of carbonyl (C=O) groups excluding carboxylic acids is 1. The van der Waals surface area contributed by atoms with Crippen molar-refractivity contribution < 1.29 is 14.1 Å². The molecule has 0 saturated heterocycles. The Morgan fingerprint density at radius 2 is 2.08 bits per heavy atom. The molecule has 0 amide bonds. The molecule has 2 aromatic heterocycles. The summed E-state index contributed by atoms with van der Waals surface area (Å²) in [5.41, 5.74) is 3.90. The van der Waals surface area contributed by atoms with E-state index in [-0.39, 0.29) is 5.97 Å². The van der Waals surface area contributed by atoms with E-state index in [4.69, 9.17) is 9.26 Å². The number of esters is 1. The minimum absolute atomic E-state index is 0.324. The van der Waals surface area contributed by atoms with Gasteiger partial charge in [0, 0.05) is 11.6 Å². The number of rotatable bonds is 4. The quantitative estimate of drug-likeness (QED) is 0.530. The van der Waals surface area contributed by atoms with Crippen LogP contribution >= 0.6 is 0 Å². The fourth-order valence-electron chi connectivity index (χ4n) is 2.79. The molecule has 0 atom stereocenters. The molecule has 0 radical (unpaired) electrons. The van der Waals surface area contributed by atoms with Crippen LogP contribution in [-0.4, -0.2) is 27.3 Å². The number of carbonyl (C=O) groups is 1. The molecule has 124 valence electrons. The molecule has 2 aromatic carbocycles. The highest BCUT2D eigenvalue weighted by Gasteiger charge is 2.16. The number of ether oxygens (including phenoxy) is 1. The van der Waals surface area contributed by atoms with E-state index in [9.17, 15) is 4.79 Å². The van der Waals surface area contributed by atoms with Gasteiger partial charge in [-0.2, -0.15) is 0 Å². The summed E-state index contributed by atoms with van der Waals surface area (Å²) in [6.45, 7) is 2.10. The smallest absolute Gasteiger partial charge is 0.338 e. The summed E-state index contributed by atoms with van der Waals surface area (Å²) in [5, 5.41) is 3.78. The Morgan fingerprint density at radius 1 is 1.20 bits per heavy atom. The fourth-order valence-corrected chi connectivity index (χ4v) is 2.79. The zero-order valence-electron chi connectivity index (χ0n) is 13.5. The molecule has 0 aliphatic carbocycles. The van der Waals surface area contributed by atoms with Gasteiger partial charge in [0.15, 0.2) is 5.76 Å². The minimum Gasteiger partial charge on any atom is -0.462 e. The molecule has 0 saturated carbocycles. The number of nitrogens with zero attached hydrogens (tertiary/aromatic N) is 3. The summed E-state index contributed by atoms with van der Waals surface area (Å²) in [6.07, 6.45) is 3.33. The lowest BCUT2D eigenvalue weighted by Gasteiger charge is -2.11. The van der Waals surface area contributed by atoms with E-state index in [1.54, 1.807) is 37.6 Å². The summed E-state index contributed by atoms with van der Waals surface area (Å²) in [5.74, 6) is 0.198. The van der Waals surface area contributed by atoms with Crippen molar-refractivity contribution in [2.45, 2.75) is 6.92 Å². The highest BCUT2D eigenvalue weighted by molar-refractivity contribution is 5.92. The monoisotopic (exact) mass is 333 g/mol. The third-order valence-corrected chi connectivity index (χ3v) is 3.92. The molecule has 4 rings (SSSR count). The second-order valence-electron chi connectivity index (χ2n) is 5.43. The van der Waals surface area contributed by atoms with Crippen LogP contribution in [0.1, 0.15) is 17.3 Å². The van der Waals surface area contributed by atoms with E-state index in [0.717, 1.165) is 22.3 Å². The molecule has 0 spiro atoms. The van der Waals surface area contributed by atoms with Crippen LogP contribution in [0.4, 0.5) is 0 Å². The maximum atomic E-state index is 12.1. The van der Waals surface area contributed by atoms with Crippen LogP contribution in [0.5, 0.6) is 0 Å². The van der Waals surface area contributed by atoms with Crippen LogP contribution in [-0.2, 0) is 4.74 Å². The Kier molecular flexibility index (Phi) is 3.78. The van der Waals surface area contributed by atoms with Gasteiger partial charge in [0.1, 0.15) is 6.33 Å². The van der Waals surface area contributed by atoms with Crippen LogP contribution < -0.4 is 0 Å². The van der Waals surface area contributed by atoms with Crippen molar-refractivity contribution >= 4 is 17.0 Å². The predicted molar refractivity (Wildman–Crippen MR) is 92.5 cm³/mol. The standard InChI is InChI=1S/C19H15N3O3/c1-2-24-19(23)13-7-8-16(14(11-13)18-9-10-21-25-18)22-12-20-15-5-3-4-6-17(15)22/h3-12H,2H2,1H3. The van der Waals surface area contributed by atoms with Gasteiger partial charge in [0.05, 0.1) is 35.1 Å². The van der Waals surface area contributed by atoms with E-state index in [1.165, 1.54) is 0 Å². The fraction of sp³-hybridized carbons (Fsp3) is 0.105. The van der Waals surface area contributed by atoms with Crippen molar-refractivity contribution in [3.63, 3.8) is 0 Å². The maximum Gasteiger partial charge on any atom is 0.338 e.